The first-order valence-corrected chi connectivity index (χ1v) is 6.02. The van der Waals surface area contributed by atoms with Gasteiger partial charge in [0.25, 0.3) is 0 Å². The maximum absolute atomic E-state index is 6.00. The van der Waals surface area contributed by atoms with E-state index in [-0.39, 0.29) is 5.38 Å². The Balaban J connectivity index is 2.46. The van der Waals surface area contributed by atoms with Crippen molar-refractivity contribution in [3.8, 4) is 5.88 Å². The van der Waals surface area contributed by atoms with Crippen LogP contribution in [0, 0.1) is 0 Å². The third-order valence-corrected chi connectivity index (χ3v) is 2.51. The summed E-state index contributed by atoms with van der Waals surface area (Å²) in [5.74, 6) is 1.35. The Labute approximate surface area is 101 Å². The van der Waals surface area contributed by atoms with Gasteiger partial charge < -0.3 is 10.1 Å². The number of aromatic nitrogens is 2. The Hall–Kier alpha value is -1.03. The van der Waals surface area contributed by atoms with Gasteiger partial charge in [0.1, 0.15) is 12.1 Å². The van der Waals surface area contributed by atoms with E-state index in [2.05, 4.69) is 29.1 Å². The van der Waals surface area contributed by atoms with Gasteiger partial charge in [-0.15, -0.1) is 11.6 Å². The normalized spacial score (nSPS) is 12.2. The molecule has 1 aromatic heterocycles. The zero-order valence-electron chi connectivity index (χ0n) is 9.74. The van der Waals surface area contributed by atoms with Gasteiger partial charge >= 0.3 is 0 Å². The molecule has 0 aliphatic carbocycles. The summed E-state index contributed by atoms with van der Waals surface area (Å²) in [7, 11) is 0. The quantitative estimate of drug-likeness (QED) is 0.748. The van der Waals surface area contributed by atoms with Gasteiger partial charge in [-0.25, -0.2) is 9.97 Å². The SMILES string of the molecule is CCCOc1cc(NCC(Cl)CC)ncn1. The highest BCUT2D eigenvalue weighted by atomic mass is 35.5. The Bertz CT molecular complexity index is 309. The third-order valence-electron chi connectivity index (χ3n) is 2.04. The molecule has 0 bridgehead atoms. The molecule has 1 unspecified atom stereocenters. The predicted molar refractivity (Wildman–Crippen MR) is 66.2 cm³/mol. The van der Waals surface area contributed by atoms with Gasteiger partial charge in [0.05, 0.1) is 12.0 Å². The van der Waals surface area contributed by atoms with Gasteiger partial charge in [0, 0.05) is 12.6 Å². The smallest absolute Gasteiger partial charge is 0.218 e. The molecule has 4 nitrogen and oxygen atoms in total. The van der Waals surface area contributed by atoms with Crippen LogP contribution in [-0.2, 0) is 0 Å². The number of rotatable bonds is 7. The van der Waals surface area contributed by atoms with Crippen molar-refractivity contribution in [3.05, 3.63) is 12.4 Å². The fraction of sp³-hybridized carbons (Fsp3) is 0.636. The van der Waals surface area contributed by atoms with Gasteiger partial charge in [0.15, 0.2) is 0 Å². The van der Waals surface area contributed by atoms with Crippen LogP contribution in [0.1, 0.15) is 26.7 Å². The van der Waals surface area contributed by atoms with Crippen molar-refractivity contribution in [2.24, 2.45) is 0 Å². The van der Waals surface area contributed by atoms with Crippen molar-refractivity contribution < 1.29 is 4.74 Å². The van der Waals surface area contributed by atoms with Crippen LogP contribution < -0.4 is 10.1 Å². The van der Waals surface area contributed by atoms with Crippen LogP contribution in [0.25, 0.3) is 0 Å². The molecule has 0 amide bonds. The number of hydrogen-bond donors (Lipinski definition) is 1. The van der Waals surface area contributed by atoms with Crippen molar-refractivity contribution in [2.45, 2.75) is 32.1 Å². The molecule has 0 aromatic carbocycles. The number of ether oxygens (including phenoxy) is 1. The van der Waals surface area contributed by atoms with Gasteiger partial charge in [-0.1, -0.05) is 13.8 Å². The van der Waals surface area contributed by atoms with E-state index in [0.717, 1.165) is 18.7 Å². The highest BCUT2D eigenvalue weighted by Crippen LogP contribution is 2.12. The van der Waals surface area contributed by atoms with Crippen LogP contribution in [0.4, 0.5) is 5.82 Å². The topological polar surface area (TPSA) is 47.0 Å². The lowest BCUT2D eigenvalue weighted by Crippen LogP contribution is -2.14. The van der Waals surface area contributed by atoms with E-state index in [9.17, 15) is 0 Å². The Morgan fingerprint density at radius 3 is 2.94 bits per heavy atom. The average molecular weight is 244 g/mol. The van der Waals surface area contributed by atoms with Crippen molar-refractivity contribution in [3.63, 3.8) is 0 Å². The molecular formula is C11H18ClN3O. The molecule has 90 valence electrons. The van der Waals surface area contributed by atoms with E-state index in [1.165, 1.54) is 6.33 Å². The first kappa shape index (κ1) is 13.0. The Morgan fingerprint density at radius 1 is 1.44 bits per heavy atom. The lowest BCUT2D eigenvalue weighted by atomic mass is 10.3. The second-order valence-electron chi connectivity index (χ2n) is 3.48. The lowest BCUT2D eigenvalue weighted by Gasteiger charge is -2.09. The third kappa shape index (κ3) is 4.66. The molecule has 1 heterocycles. The number of nitrogens with zero attached hydrogens (tertiary/aromatic N) is 2. The zero-order valence-corrected chi connectivity index (χ0v) is 10.5. The maximum Gasteiger partial charge on any atom is 0.218 e. The molecule has 0 fully saturated rings. The van der Waals surface area contributed by atoms with E-state index in [0.29, 0.717) is 19.0 Å². The number of nitrogens with one attached hydrogen (secondary N) is 1. The molecule has 0 radical (unpaired) electrons. The van der Waals surface area contributed by atoms with Crippen LogP contribution in [0.3, 0.4) is 0 Å². The second-order valence-corrected chi connectivity index (χ2v) is 4.09. The number of alkyl halides is 1. The fourth-order valence-electron chi connectivity index (χ4n) is 1.08. The molecular weight excluding hydrogens is 226 g/mol. The summed E-state index contributed by atoms with van der Waals surface area (Å²) in [5, 5.41) is 3.27. The molecule has 1 N–H and O–H groups in total. The summed E-state index contributed by atoms with van der Waals surface area (Å²) >= 11 is 6.00. The lowest BCUT2D eigenvalue weighted by molar-refractivity contribution is 0.305. The molecule has 0 saturated carbocycles. The van der Waals surface area contributed by atoms with E-state index in [4.69, 9.17) is 16.3 Å². The van der Waals surface area contributed by atoms with Crippen molar-refractivity contribution in [2.75, 3.05) is 18.5 Å². The first-order valence-electron chi connectivity index (χ1n) is 5.59. The van der Waals surface area contributed by atoms with Gasteiger partial charge in [0.2, 0.25) is 5.88 Å². The molecule has 0 aliphatic heterocycles. The molecule has 0 spiro atoms. The van der Waals surface area contributed by atoms with Gasteiger partial charge in [-0.05, 0) is 12.8 Å². The molecule has 5 heteroatoms. The Morgan fingerprint density at radius 2 is 2.25 bits per heavy atom. The molecule has 0 aliphatic rings. The van der Waals surface area contributed by atoms with Crippen molar-refractivity contribution in [1.82, 2.24) is 9.97 Å². The summed E-state index contributed by atoms with van der Waals surface area (Å²) in [6.45, 7) is 5.47. The minimum Gasteiger partial charge on any atom is -0.478 e. The minimum absolute atomic E-state index is 0.120. The highest BCUT2D eigenvalue weighted by Gasteiger charge is 2.03. The molecule has 16 heavy (non-hydrogen) atoms. The van der Waals surface area contributed by atoms with Crippen LogP contribution >= 0.6 is 11.6 Å². The zero-order chi connectivity index (χ0) is 11.8. The van der Waals surface area contributed by atoms with E-state index in [1.54, 1.807) is 6.07 Å². The highest BCUT2D eigenvalue weighted by molar-refractivity contribution is 6.20. The van der Waals surface area contributed by atoms with Crippen molar-refractivity contribution >= 4 is 17.4 Å². The van der Waals surface area contributed by atoms with Gasteiger partial charge in [-0.2, -0.15) is 0 Å². The van der Waals surface area contributed by atoms with Crippen LogP contribution in [0.15, 0.2) is 12.4 Å². The summed E-state index contributed by atoms with van der Waals surface area (Å²) in [6, 6.07) is 1.79. The largest absolute Gasteiger partial charge is 0.478 e. The van der Waals surface area contributed by atoms with E-state index in [1.807, 2.05) is 0 Å². The first-order chi connectivity index (χ1) is 7.76. The monoisotopic (exact) mass is 243 g/mol. The summed E-state index contributed by atoms with van der Waals surface area (Å²) < 4.78 is 5.40. The molecule has 1 rings (SSSR count). The second kappa shape index (κ2) is 7.28. The van der Waals surface area contributed by atoms with Crippen molar-refractivity contribution in [1.29, 1.82) is 0 Å². The summed E-state index contributed by atoms with van der Waals surface area (Å²) in [5.41, 5.74) is 0. The fourth-order valence-corrected chi connectivity index (χ4v) is 1.16. The Kier molecular flexibility index (Phi) is 5.93. The predicted octanol–water partition coefficient (Wildman–Crippen LogP) is 2.69. The van der Waals surface area contributed by atoms with E-state index < -0.39 is 0 Å². The molecule has 1 aromatic rings. The molecule has 0 saturated heterocycles. The number of hydrogen-bond acceptors (Lipinski definition) is 4. The minimum atomic E-state index is 0.120. The number of anilines is 1. The summed E-state index contributed by atoms with van der Waals surface area (Å²) in [4.78, 5) is 8.11. The van der Waals surface area contributed by atoms with Crippen LogP contribution in [0.5, 0.6) is 5.88 Å². The van der Waals surface area contributed by atoms with Crippen LogP contribution in [0.2, 0.25) is 0 Å². The van der Waals surface area contributed by atoms with Crippen LogP contribution in [-0.4, -0.2) is 28.5 Å². The summed E-state index contributed by atoms with van der Waals surface area (Å²) in [6.07, 6.45) is 3.38. The number of halogens is 1. The van der Waals surface area contributed by atoms with Gasteiger partial charge in [-0.3, -0.25) is 0 Å². The standard InChI is InChI=1S/C11H18ClN3O/c1-3-5-16-11-6-10(14-8-15-11)13-7-9(12)4-2/h6,8-9H,3-5,7H2,1-2H3,(H,13,14,15). The maximum atomic E-state index is 6.00. The molecule has 1 atom stereocenters. The van der Waals surface area contributed by atoms with E-state index >= 15 is 0 Å². The average Bonchev–Trinajstić information content (AvgIpc) is 2.34.